The highest BCUT2D eigenvalue weighted by atomic mass is 32.1. The van der Waals surface area contributed by atoms with E-state index in [0.717, 1.165) is 16.9 Å². The van der Waals surface area contributed by atoms with Crippen LogP contribution in [0.25, 0.3) is 6.08 Å². The van der Waals surface area contributed by atoms with Crippen LogP contribution in [0.5, 0.6) is 0 Å². The van der Waals surface area contributed by atoms with Crippen molar-refractivity contribution in [2.75, 3.05) is 12.3 Å². The van der Waals surface area contributed by atoms with E-state index in [0.29, 0.717) is 11.7 Å². The molecule has 0 saturated carbocycles. The monoisotopic (exact) mass is 303 g/mol. The van der Waals surface area contributed by atoms with Crippen LogP contribution in [0.4, 0.5) is 9.93 Å². The summed E-state index contributed by atoms with van der Waals surface area (Å²) in [5.74, 6) is 0. The van der Waals surface area contributed by atoms with Crippen molar-refractivity contribution in [1.29, 1.82) is 0 Å². The highest BCUT2D eigenvalue weighted by Gasteiger charge is 2.00. The Morgan fingerprint density at radius 3 is 2.90 bits per heavy atom. The number of thiazole rings is 1. The van der Waals surface area contributed by atoms with Crippen molar-refractivity contribution in [2.24, 2.45) is 0 Å². The number of rotatable bonds is 6. The molecule has 0 radical (unpaired) electrons. The normalized spacial score (nSPS) is 10.7. The number of carbonyl (C=O) groups excluding carboxylic acids is 1. The molecule has 0 aliphatic rings. The molecule has 2 rings (SSSR count). The van der Waals surface area contributed by atoms with Crippen LogP contribution < -0.4 is 11.1 Å². The first-order valence-corrected chi connectivity index (χ1v) is 7.38. The van der Waals surface area contributed by atoms with Crippen LogP contribution >= 0.6 is 11.3 Å². The highest BCUT2D eigenvalue weighted by molar-refractivity contribution is 7.16. The summed E-state index contributed by atoms with van der Waals surface area (Å²) in [6.07, 6.45) is 5.93. The molecular weight excluding hydrogens is 286 g/mol. The predicted octanol–water partition coefficient (Wildman–Crippen LogP) is 3.06. The zero-order valence-electron chi connectivity index (χ0n) is 11.5. The lowest BCUT2D eigenvalue weighted by Crippen LogP contribution is -2.24. The summed E-state index contributed by atoms with van der Waals surface area (Å²) in [7, 11) is 0. The average Bonchev–Trinajstić information content (AvgIpc) is 2.91. The molecule has 0 aliphatic carbocycles. The van der Waals surface area contributed by atoms with Gasteiger partial charge >= 0.3 is 6.09 Å². The predicted molar refractivity (Wildman–Crippen MR) is 84.8 cm³/mol. The summed E-state index contributed by atoms with van der Waals surface area (Å²) in [6.45, 7) is 0.807. The molecule has 21 heavy (non-hydrogen) atoms. The number of carbonyl (C=O) groups is 1. The number of ether oxygens (including phenoxy) is 1. The number of amides is 1. The van der Waals surface area contributed by atoms with E-state index >= 15 is 0 Å². The second-order valence-electron chi connectivity index (χ2n) is 4.28. The van der Waals surface area contributed by atoms with Gasteiger partial charge in [0.05, 0.1) is 0 Å². The molecule has 3 N–H and O–H groups in total. The summed E-state index contributed by atoms with van der Waals surface area (Å²) in [5.41, 5.74) is 6.50. The number of nitrogens with one attached hydrogen (secondary N) is 1. The van der Waals surface area contributed by atoms with Crippen molar-refractivity contribution in [1.82, 2.24) is 10.3 Å². The molecule has 1 amide bonds. The molecule has 0 spiro atoms. The first-order chi connectivity index (χ1) is 10.2. The van der Waals surface area contributed by atoms with Gasteiger partial charge in [0.25, 0.3) is 0 Å². The Morgan fingerprint density at radius 1 is 1.38 bits per heavy atom. The van der Waals surface area contributed by atoms with Gasteiger partial charge in [-0.3, -0.25) is 0 Å². The number of benzene rings is 1. The standard InChI is InChI=1S/C15H17N3O2S/c16-14-18-10-13(21-14)8-4-5-9-17-15(19)20-11-12-6-2-1-3-7-12/h1-4,6-8,10H,5,9,11H2,(H2,16,18)(H,17,19). The van der Waals surface area contributed by atoms with E-state index in [1.807, 2.05) is 42.5 Å². The van der Waals surface area contributed by atoms with Crippen LogP contribution in [0.1, 0.15) is 16.9 Å². The topological polar surface area (TPSA) is 77.2 Å². The van der Waals surface area contributed by atoms with E-state index < -0.39 is 6.09 Å². The van der Waals surface area contributed by atoms with Crippen LogP contribution in [0.2, 0.25) is 0 Å². The molecule has 2 aromatic rings. The fourth-order valence-electron chi connectivity index (χ4n) is 1.61. The number of nitrogens with zero attached hydrogens (tertiary/aromatic N) is 1. The van der Waals surface area contributed by atoms with E-state index in [9.17, 15) is 4.79 Å². The zero-order valence-corrected chi connectivity index (χ0v) is 12.3. The van der Waals surface area contributed by atoms with Crippen molar-refractivity contribution in [3.05, 3.63) is 53.0 Å². The smallest absolute Gasteiger partial charge is 0.407 e. The van der Waals surface area contributed by atoms with Crippen LogP contribution in [0, 0.1) is 0 Å². The van der Waals surface area contributed by atoms with E-state index in [1.54, 1.807) is 6.20 Å². The maximum atomic E-state index is 11.5. The van der Waals surface area contributed by atoms with Gasteiger partial charge in [0.1, 0.15) is 6.61 Å². The fourth-order valence-corrected chi connectivity index (χ4v) is 2.23. The average molecular weight is 303 g/mol. The SMILES string of the molecule is Nc1ncc(C=CCCNC(=O)OCc2ccccc2)s1. The number of nitrogens with two attached hydrogens (primary N) is 1. The Morgan fingerprint density at radius 2 is 2.19 bits per heavy atom. The number of nitrogen functional groups attached to an aromatic ring is 1. The van der Waals surface area contributed by atoms with Gasteiger partial charge in [0.15, 0.2) is 5.13 Å². The van der Waals surface area contributed by atoms with Crippen molar-refractivity contribution in [2.45, 2.75) is 13.0 Å². The zero-order chi connectivity index (χ0) is 14.9. The van der Waals surface area contributed by atoms with Gasteiger partial charge in [-0.1, -0.05) is 47.7 Å². The van der Waals surface area contributed by atoms with E-state index in [1.165, 1.54) is 11.3 Å². The summed E-state index contributed by atoms with van der Waals surface area (Å²) in [4.78, 5) is 16.4. The number of anilines is 1. The molecule has 0 saturated heterocycles. The lowest BCUT2D eigenvalue weighted by atomic mass is 10.2. The maximum Gasteiger partial charge on any atom is 0.407 e. The maximum absolute atomic E-state index is 11.5. The number of hydrogen-bond donors (Lipinski definition) is 2. The van der Waals surface area contributed by atoms with Crippen LogP contribution in [0.15, 0.2) is 42.6 Å². The molecule has 6 heteroatoms. The molecular formula is C15H17N3O2S. The van der Waals surface area contributed by atoms with Gasteiger partial charge < -0.3 is 15.8 Å². The quantitative estimate of drug-likeness (QED) is 0.804. The fraction of sp³-hybridized carbons (Fsp3) is 0.200. The van der Waals surface area contributed by atoms with E-state index in [-0.39, 0.29) is 6.61 Å². The van der Waals surface area contributed by atoms with Gasteiger partial charge in [-0.15, -0.1) is 0 Å². The second kappa shape index (κ2) is 8.06. The molecule has 0 atom stereocenters. The van der Waals surface area contributed by atoms with Gasteiger partial charge in [-0.25, -0.2) is 9.78 Å². The van der Waals surface area contributed by atoms with Crippen molar-refractivity contribution in [3.8, 4) is 0 Å². The van der Waals surface area contributed by atoms with Gasteiger partial charge in [0.2, 0.25) is 0 Å². The van der Waals surface area contributed by atoms with Crippen molar-refractivity contribution < 1.29 is 9.53 Å². The molecule has 0 bridgehead atoms. The second-order valence-corrected chi connectivity index (χ2v) is 5.37. The Hall–Kier alpha value is -2.34. The van der Waals surface area contributed by atoms with Crippen molar-refractivity contribution >= 4 is 28.6 Å². The molecule has 0 unspecified atom stereocenters. The number of alkyl carbamates (subject to hydrolysis) is 1. The Bertz CT molecular complexity index is 596. The largest absolute Gasteiger partial charge is 0.445 e. The molecule has 1 heterocycles. The van der Waals surface area contributed by atoms with Crippen LogP contribution in [-0.4, -0.2) is 17.6 Å². The third-order valence-electron chi connectivity index (χ3n) is 2.62. The van der Waals surface area contributed by atoms with Gasteiger partial charge in [0, 0.05) is 17.6 Å². The molecule has 110 valence electrons. The Labute approximate surface area is 127 Å². The van der Waals surface area contributed by atoms with Gasteiger partial charge in [-0.2, -0.15) is 0 Å². The van der Waals surface area contributed by atoms with E-state index in [4.69, 9.17) is 10.5 Å². The summed E-state index contributed by atoms with van der Waals surface area (Å²) >= 11 is 1.43. The summed E-state index contributed by atoms with van der Waals surface area (Å²) in [6, 6.07) is 9.57. The molecule has 5 nitrogen and oxygen atoms in total. The van der Waals surface area contributed by atoms with Crippen LogP contribution in [-0.2, 0) is 11.3 Å². The number of aromatic nitrogens is 1. The van der Waals surface area contributed by atoms with Crippen molar-refractivity contribution in [3.63, 3.8) is 0 Å². The summed E-state index contributed by atoms with van der Waals surface area (Å²) in [5, 5.41) is 3.25. The lowest BCUT2D eigenvalue weighted by molar-refractivity contribution is 0.140. The molecule has 1 aromatic heterocycles. The number of hydrogen-bond acceptors (Lipinski definition) is 5. The molecule has 1 aromatic carbocycles. The first kappa shape index (κ1) is 15.1. The Kier molecular flexibility index (Phi) is 5.78. The van der Waals surface area contributed by atoms with Gasteiger partial charge in [-0.05, 0) is 18.1 Å². The highest BCUT2D eigenvalue weighted by Crippen LogP contribution is 2.15. The summed E-state index contributed by atoms with van der Waals surface area (Å²) < 4.78 is 5.10. The minimum absolute atomic E-state index is 0.280. The lowest BCUT2D eigenvalue weighted by Gasteiger charge is -2.05. The molecule has 0 fully saturated rings. The third-order valence-corrected chi connectivity index (χ3v) is 3.41. The minimum Gasteiger partial charge on any atom is -0.445 e. The Balaban J connectivity index is 1.60. The van der Waals surface area contributed by atoms with E-state index in [2.05, 4.69) is 10.3 Å². The third kappa shape index (κ3) is 5.66. The minimum atomic E-state index is -0.408. The van der Waals surface area contributed by atoms with Crippen LogP contribution in [0.3, 0.4) is 0 Å². The first-order valence-electron chi connectivity index (χ1n) is 6.56. The molecule has 0 aliphatic heterocycles.